The third kappa shape index (κ3) is 5.22. The molecule has 1 aromatic heterocycles. The summed E-state index contributed by atoms with van der Waals surface area (Å²) in [7, 11) is 3.05. The van der Waals surface area contributed by atoms with Gasteiger partial charge in [-0.2, -0.15) is 0 Å². The van der Waals surface area contributed by atoms with E-state index in [1.54, 1.807) is 14.0 Å². The number of amides is 2. The fraction of sp³-hybridized carbons (Fsp3) is 0.400. The summed E-state index contributed by atoms with van der Waals surface area (Å²) in [5.41, 5.74) is 1.36. The van der Waals surface area contributed by atoms with Gasteiger partial charge in [-0.1, -0.05) is 43.7 Å². The molecular weight excluding hydrogens is 509 g/mol. The minimum atomic E-state index is -1.02. The molecule has 1 unspecified atom stereocenters. The van der Waals surface area contributed by atoms with E-state index in [1.165, 1.54) is 12.7 Å². The van der Waals surface area contributed by atoms with Crippen LogP contribution in [0.5, 0.6) is 11.5 Å². The molecule has 2 fully saturated rings. The predicted molar refractivity (Wildman–Crippen MR) is 153 cm³/mol. The van der Waals surface area contributed by atoms with Crippen LogP contribution < -0.4 is 14.8 Å². The summed E-state index contributed by atoms with van der Waals surface area (Å²) in [6.45, 7) is 4.22. The van der Waals surface area contributed by atoms with Gasteiger partial charge in [0.2, 0.25) is 13.8 Å². The Kier molecular flexibility index (Phi) is 7.69. The molecule has 0 radical (unpaired) electrons. The maximum atomic E-state index is 13.5. The summed E-state index contributed by atoms with van der Waals surface area (Å²) >= 11 is 0. The molecule has 2 aliphatic rings. The maximum absolute atomic E-state index is 13.5. The SMILES string of the molecule is BC(=O)N1C[C@H](Oc2cc(-c3ccccc3)nc3cc(OC)ccc23)C[C@H]1C(=O)N[C@]1(C(=O)OCC)CC1CC. The van der Waals surface area contributed by atoms with Crippen molar-refractivity contribution in [2.45, 2.75) is 50.8 Å². The van der Waals surface area contributed by atoms with Gasteiger partial charge in [-0.3, -0.25) is 9.59 Å². The van der Waals surface area contributed by atoms with Crippen LogP contribution in [0.15, 0.2) is 54.6 Å². The smallest absolute Gasteiger partial charge is 0.332 e. The van der Waals surface area contributed by atoms with E-state index in [0.717, 1.165) is 23.1 Å². The molecular formula is C30H34BN3O6. The molecule has 10 heteroatoms. The van der Waals surface area contributed by atoms with Crippen LogP contribution in [-0.4, -0.2) is 73.4 Å². The first-order valence-electron chi connectivity index (χ1n) is 13.8. The molecule has 4 atom stereocenters. The number of aromatic nitrogens is 1. The first kappa shape index (κ1) is 27.5. The topological polar surface area (TPSA) is 107 Å². The number of benzene rings is 2. The van der Waals surface area contributed by atoms with Crippen molar-refractivity contribution in [3.8, 4) is 22.8 Å². The Morgan fingerprint density at radius 2 is 1.90 bits per heavy atom. The van der Waals surface area contributed by atoms with Crippen LogP contribution in [0.1, 0.15) is 33.1 Å². The molecule has 2 heterocycles. The van der Waals surface area contributed by atoms with Crippen molar-refractivity contribution in [3.05, 3.63) is 54.6 Å². The first-order chi connectivity index (χ1) is 19.3. The van der Waals surface area contributed by atoms with Gasteiger partial charge >= 0.3 is 5.97 Å². The molecule has 40 heavy (non-hydrogen) atoms. The van der Waals surface area contributed by atoms with Gasteiger partial charge in [0.05, 0.1) is 31.5 Å². The molecule has 2 aromatic carbocycles. The number of likely N-dealkylation sites (tertiary alicyclic amines) is 1. The minimum absolute atomic E-state index is 0.0197. The van der Waals surface area contributed by atoms with Crippen molar-refractivity contribution < 1.29 is 28.6 Å². The number of carbonyl (C=O) groups excluding carboxylic acids is 3. The molecule has 0 bridgehead atoms. The average Bonchev–Trinajstić information content (AvgIpc) is 3.51. The Hall–Kier alpha value is -4.08. The van der Waals surface area contributed by atoms with Crippen LogP contribution in [0.3, 0.4) is 0 Å². The van der Waals surface area contributed by atoms with Gasteiger partial charge in [-0.15, -0.1) is 0 Å². The number of esters is 1. The van der Waals surface area contributed by atoms with Crippen molar-refractivity contribution in [2.24, 2.45) is 5.92 Å². The number of fused-ring (bicyclic) bond motifs is 1. The van der Waals surface area contributed by atoms with E-state index in [2.05, 4.69) is 5.32 Å². The van der Waals surface area contributed by atoms with E-state index in [1.807, 2.05) is 61.5 Å². The van der Waals surface area contributed by atoms with Gasteiger partial charge in [0.25, 0.3) is 0 Å². The summed E-state index contributed by atoms with van der Waals surface area (Å²) in [6, 6.07) is 16.5. The van der Waals surface area contributed by atoms with Crippen molar-refractivity contribution in [3.63, 3.8) is 0 Å². The third-order valence-electron chi connectivity index (χ3n) is 7.90. The monoisotopic (exact) mass is 543 g/mol. The van der Waals surface area contributed by atoms with Crippen LogP contribution in [0, 0.1) is 5.92 Å². The van der Waals surface area contributed by atoms with Crippen LogP contribution in [0.2, 0.25) is 0 Å². The molecule has 1 aliphatic heterocycles. The number of pyridine rings is 1. The quantitative estimate of drug-likeness (QED) is 0.326. The molecule has 1 saturated carbocycles. The lowest BCUT2D eigenvalue weighted by molar-refractivity contribution is -0.149. The molecule has 1 N–H and O–H groups in total. The Bertz CT molecular complexity index is 1430. The highest BCUT2D eigenvalue weighted by Crippen LogP contribution is 2.47. The molecule has 208 valence electrons. The normalized spacial score (nSPS) is 23.5. The number of nitrogens with zero attached hydrogens (tertiary/aromatic N) is 2. The lowest BCUT2D eigenvalue weighted by atomic mass is 10.1. The molecule has 1 aliphatic carbocycles. The fourth-order valence-corrected chi connectivity index (χ4v) is 5.66. The molecule has 3 aromatic rings. The van der Waals surface area contributed by atoms with Crippen LogP contribution in [-0.2, 0) is 14.3 Å². The zero-order valence-electron chi connectivity index (χ0n) is 23.3. The Balaban J connectivity index is 1.41. The minimum Gasteiger partial charge on any atom is -0.497 e. The number of methoxy groups -OCH3 is 1. The predicted octanol–water partition coefficient (Wildman–Crippen LogP) is 3.33. The second kappa shape index (κ2) is 11.2. The Morgan fingerprint density at radius 1 is 1.12 bits per heavy atom. The van der Waals surface area contributed by atoms with Gasteiger partial charge in [-0.25, -0.2) is 9.78 Å². The van der Waals surface area contributed by atoms with E-state index in [0.29, 0.717) is 29.9 Å². The summed E-state index contributed by atoms with van der Waals surface area (Å²) < 4.78 is 17.2. The zero-order valence-corrected chi connectivity index (χ0v) is 23.3. The molecule has 0 spiro atoms. The highest BCUT2D eigenvalue weighted by Gasteiger charge is 2.62. The summed E-state index contributed by atoms with van der Waals surface area (Å²) in [6.07, 6.45) is 1.14. The Labute approximate surface area is 234 Å². The first-order valence-corrected chi connectivity index (χ1v) is 13.8. The molecule has 2 amide bonds. The number of carbonyl (C=O) groups is 3. The third-order valence-corrected chi connectivity index (χ3v) is 7.90. The van der Waals surface area contributed by atoms with E-state index >= 15 is 0 Å². The van der Waals surface area contributed by atoms with Crippen molar-refractivity contribution in [1.29, 1.82) is 0 Å². The maximum Gasteiger partial charge on any atom is 0.332 e. The second-order valence-corrected chi connectivity index (χ2v) is 10.4. The largest absolute Gasteiger partial charge is 0.497 e. The highest BCUT2D eigenvalue weighted by molar-refractivity contribution is 6.57. The highest BCUT2D eigenvalue weighted by atomic mass is 16.5. The lowest BCUT2D eigenvalue weighted by Crippen LogP contribution is -2.53. The van der Waals surface area contributed by atoms with E-state index < -0.39 is 23.7 Å². The standard InChI is InChI=1S/C30H34BN3O6/c1-4-19-16-30(19,28(36)39-5-2)33-27(35)25-14-21(17-34(25)29(31)37)40-26-15-23(18-9-7-6-8-10-18)32-24-13-20(38-3)11-12-22(24)26/h6-13,15,19,21,25H,4-5,14,16-17,31H2,1-3H3,(H,33,35)/t19?,21-,25+,30-/m1/s1. The van der Waals surface area contributed by atoms with E-state index in [-0.39, 0.29) is 30.8 Å². The van der Waals surface area contributed by atoms with E-state index in [4.69, 9.17) is 19.2 Å². The fourth-order valence-electron chi connectivity index (χ4n) is 5.66. The summed E-state index contributed by atoms with van der Waals surface area (Å²) in [5, 5.41) is 3.75. The van der Waals surface area contributed by atoms with Crippen LogP contribution in [0.25, 0.3) is 22.2 Å². The van der Waals surface area contributed by atoms with Gasteiger partial charge in [0, 0.05) is 29.5 Å². The van der Waals surface area contributed by atoms with Crippen molar-refractivity contribution in [1.82, 2.24) is 15.2 Å². The summed E-state index contributed by atoms with van der Waals surface area (Å²) in [4.78, 5) is 45.2. The van der Waals surface area contributed by atoms with Gasteiger partial charge < -0.3 is 24.4 Å². The number of ether oxygens (including phenoxy) is 3. The average molecular weight is 543 g/mol. The lowest BCUT2D eigenvalue weighted by Gasteiger charge is -2.25. The number of nitrogens with one attached hydrogen (secondary N) is 1. The second-order valence-electron chi connectivity index (χ2n) is 10.4. The number of hydrogen-bond acceptors (Lipinski definition) is 7. The van der Waals surface area contributed by atoms with Gasteiger partial charge in [-0.05, 0) is 31.4 Å². The molecule has 1 saturated heterocycles. The van der Waals surface area contributed by atoms with Gasteiger partial charge in [0.15, 0.2) is 5.81 Å². The number of rotatable bonds is 9. The summed E-state index contributed by atoms with van der Waals surface area (Å²) in [5.74, 6) is 0.303. The van der Waals surface area contributed by atoms with Crippen molar-refractivity contribution >= 4 is 36.4 Å². The van der Waals surface area contributed by atoms with Crippen molar-refractivity contribution in [2.75, 3.05) is 20.3 Å². The molecule has 9 nitrogen and oxygen atoms in total. The molecule has 5 rings (SSSR count). The van der Waals surface area contributed by atoms with E-state index in [9.17, 15) is 14.4 Å². The Morgan fingerprint density at radius 3 is 2.55 bits per heavy atom. The van der Waals surface area contributed by atoms with Gasteiger partial charge in [0.1, 0.15) is 29.2 Å². The van der Waals surface area contributed by atoms with Crippen LogP contribution >= 0.6 is 0 Å². The number of hydrogen-bond donors (Lipinski definition) is 1. The zero-order chi connectivity index (χ0) is 28.4. The van der Waals surface area contributed by atoms with Crippen LogP contribution in [0.4, 0.5) is 4.79 Å².